The maximum Gasteiger partial charge on any atom is 0.417 e. The van der Waals surface area contributed by atoms with Gasteiger partial charge in [-0.15, -0.1) is 0 Å². The molecule has 2 rings (SSSR count). The van der Waals surface area contributed by atoms with Gasteiger partial charge in [0.1, 0.15) is 5.54 Å². The highest BCUT2D eigenvalue weighted by atomic mass is 19.4. The molecule has 0 heterocycles. The monoisotopic (exact) mass is 340 g/mol. The Morgan fingerprint density at radius 1 is 1.25 bits per heavy atom. The Morgan fingerprint density at radius 3 is 2.46 bits per heavy atom. The van der Waals surface area contributed by atoms with Gasteiger partial charge in [-0.25, -0.2) is 4.79 Å². The van der Waals surface area contributed by atoms with E-state index >= 15 is 0 Å². The molecule has 0 aliphatic heterocycles. The number of benzene rings is 1. The first-order valence-electron chi connectivity index (χ1n) is 7.33. The molecule has 1 saturated carbocycles. The molecule has 1 fully saturated rings. The topological polar surface area (TPSA) is 79.2 Å². The lowest BCUT2D eigenvalue weighted by Gasteiger charge is -2.21. The van der Waals surface area contributed by atoms with Crippen molar-refractivity contribution in [2.45, 2.75) is 37.4 Å². The van der Waals surface area contributed by atoms with Crippen LogP contribution in [0.2, 0.25) is 0 Å². The van der Waals surface area contributed by atoms with Crippen molar-refractivity contribution in [1.29, 1.82) is 5.26 Å². The number of hydrogen-bond donors (Lipinski definition) is 1. The predicted molar refractivity (Wildman–Crippen MR) is 76.7 cm³/mol. The van der Waals surface area contributed by atoms with Crippen molar-refractivity contribution < 1.29 is 27.5 Å². The first-order chi connectivity index (χ1) is 11.3. The van der Waals surface area contributed by atoms with Crippen molar-refractivity contribution in [2.75, 3.05) is 6.61 Å². The van der Waals surface area contributed by atoms with Gasteiger partial charge < -0.3 is 10.1 Å². The molecule has 1 aliphatic rings. The molecular weight excluding hydrogens is 325 g/mol. The summed E-state index contributed by atoms with van der Waals surface area (Å²) < 4.78 is 43.2. The van der Waals surface area contributed by atoms with Crippen LogP contribution in [0.3, 0.4) is 0 Å². The van der Waals surface area contributed by atoms with E-state index < -0.39 is 41.3 Å². The summed E-state index contributed by atoms with van der Waals surface area (Å²) in [6.45, 7) is -0.742. The number of esters is 1. The van der Waals surface area contributed by atoms with E-state index in [1.54, 1.807) is 0 Å². The van der Waals surface area contributed by atoms with Crippen LogP contribution in [0.5, 0.6) is 0 Å². The Morgan fingerprint density at radius 2 is 1.88 bits per heavy atom. The van der Waals surface area contributed by atoms with Gasteiger partial charge in [-0.05, 0) is 37.8 Å². The first-order valence-corrected chi connectivity index (χ1v) is 7.33. The van der Waals surface area contributed by atoms with E-state index in [2.05, 4.69) is 10.1 Å². The third-order valence-corrected chi connectivity index (χ3v) is 3.84. The van der Waals surface area contributed by atoms with Gasteiger partial charge in [0.2, 0.25) is 0 Å². The molecule has 0 spiro atoms. The molecule has 1 aromatic carbocycles. The fraction of sp³-hybridized carbons (Fsp3) is 0.438. The van der Waals surface area contributed by atoms with Crippen LogP contribution in [0.1, 0.15) is 41.6 Å². The van der Waals surface area contributed by atoms with E-state index in [4.69, 9.17) is 5.26 Å². The zero-order valence-electron chi connectivity index (χ0n) is 12.7. The van der Waals surface area contributed by atoms with Gasteiger partial charge in [-0.2, -0.15) is 18.4 Å². The number of carbonyl (C=O) groups is 2. The molecule has 1 amide bonds. The number of hydrogen-bond acceptors (Lipinski definition) is 4. The Balaban J connectivity index is 1.99. The van der Waals surface area contributed by atoms with Crippen LogP contribution in [0.4, 0.5) is 13.2 Å². The summed E-state index contributed by atoms with van der Waals surface area (Å²) in [5, 5.41) is 11.6. The lowest BCUT2D eigenvalue weighted by molar-refractivity contribution is -0.138. The van der Waals surface area contributed by atoms with E-state index in [1.807, 2.05) is 6.07 Å². The maximum absolute atomic E-state index is 12.9. The predicted octanol–water partition coefficient (Wildman–Crippen LogP) is 2.81. The minimum atomic E-state index is -4.70. The summed E-state index contributed by atoms with van der Waals surface area (Å²) in [5.74, 6) is -1.95. The second-order valence-corrected chi connectivity index (χ2v) is 5.57. The van der Waals surface area contributed by atoms with Crippen LogP contribution >= 0.6 is 0 Å². The Kier molecular flexibility index (Phi) is 5.12. The van der Waals surface area contributed by atoms with Crippen molar-refractivity contribution in [2.24, 2.45) is 0 Å². The number of amides is 1. The molecule has 5 nitrogen and oxygen atoms in total. The van der Waals surface area contributed by atoms with E-state index in [0.717, 1.165) is 31.0 Å². The van der Waals surface area contributed by atoms with Gasteiger partial charge in [0.05, 0.1) is 17.2 Å². The molecule has 24 heavy (non-hydrogen) atoms. The highest BCUT2D eigenvalue weighted by Gasteiger charge is 2.37. The van der Waals surface area contributed by atoms with Crippen LogP contribution in [0, 0.1) is 11.3 Å². The zero-order chi connectivity index (χ0) is 17.8. The van der Waals surface area contributed by atoms with Gasteiger partial charge in [0.25, 0.3) is 5.91 Å². The van der Waals surface area contributed by atoms with Crippen molar-refractivity contribution in [3.8, 4) is 6.07 Å². The average Bonchev–Trinajstić information content (AvgIpc) is 3.01. The summed E-state index contributed by atoms with van der Waals surface area (Å²) in [5.41, 5.74) is -2.76. The number of carbonyl (C=O) groups excluding carboxylic acids is 2. The van der Waals surface area contributed by atoms with Crippen molar-refractivity contribution in [3.63, 3.8) is 0 Å². The van der Waals surface area contributed by atoms with Crippen LogP contribution in [-0.4, -0.2) is 24.0 Å². The number of nitrogens with one attached hydrogen (secondary N) is 1. The number of halogens is 3. The maximum atomic E-state index is 12.9. The molecule has 1 aliphatic carbocycles. The summed E-state index contributed by atoms with van der Waals surface area (Å²) in [6, 6.07) is 6.21. The smallest absolute Gasteiger partial charge is 0.417 e. The van der Waals surface area contributed by atoms with Crippen LogP contribution < -0.4 is 5.32 Å². The minimum absolute atomic E-state index is 0.500. The van der Waals surface area contributed by atoms with Crippen LogP contribution in [-0.2, 0) is 15.7 Å². The molecule has 0 atom stereocenters. The Bertz CT molecular complexity index is 674. The highest BCUT2D eigenvalue weighted by Crippen LogP contribution is 2.32. The third kappa shape index (κ3) is 4.04. The number of alkyl halides is 3. The fourth-order valence-electron chi connectivity index (χ4n) is 2.66. The van der Waals surface area contributed by atoms with E-state index in [-0.39, 0.29) is 0 Å². The van der Waals surface area contributed by atoms with E-state index in [1.165, 1.54) is 6.07 Å². The molecule has 1 N–H and O–H groups in total. The van der Waals surface area contributed by atoms with E-state index in [9.17, 15) is 22.8 Å². The lowest BCUT2D eigenvalue weighted by atomic mass is 10.00. The van der Waals surface area contributed by atoms with Gasteiger partial charge >= 0.3 is 12.1 Å². The molecule has 0 bridgehead atoms. The first kappa shape index (κ1) is 17.8. The number of nitriles is 1. The van der Waals surface area contributed by atoms with E-state index in [0.29, 0.717) is 12.8 Å². The second kappa shape index (κ2) is 6.91. The lowest BCUT2D eigenvalue weighted by Crippen LogP contribution is -2.46. The van der Waals surface area contributed by atoms with Gasteiger partial charge in [-0.1, -0.05) is 12.1 Å². The summed E-state index contributed by atoms with van der Waals surface area (Å²) in [4.78, 5) is 23.7. The molecule has 0 unspecified atom stereocenters. The third-order valence-electron chi connectivity index (χ3n) is 3.84. The van der Waals surface area contributed by atoms with Crippen LogP contribution in [0.15, 0.2) is 24.3 Å². The van der Waals surface area contributed by atoms with Crippen molar-refractivity contribution in [3.05, 3.63) is 35.4 Å². The largest absolute Gasteiger partial charge is 0.452 e. The second-order valence-electron chi connectivity index (χ2n) is 5.57. The summed E-state index contributed by atoms with van der Waals surface area (Å²) >= 11 is 0. The van der Waals surface area contributed by atoms with Gasteiger partial charge in [0.15, 0.2) is 6.61 Å². The van der Waals surface area contributed by atoms with Crippen molar-refractivity contribution >= 4 is 11.9 Å². The standard InChI is InChI=1S/C16H15F3N2O3/c17-16(18,19)12-6-2-1-5-11(12)14(23)24-9-13(22)21-15(10-20)7-3-4-8-15/h1-2,5-6H,3-4,7-9H2,(H,21,22). The van der Waals surface area contributed by atoms with Crippen molar-refractivity contribution in [1.82, 2.24) is 5.32 Å². The Labute approximate surface area is 136 Å². The summed E-state index contributed by atoms with van der Waals surface area (Å²) in [6.07, 6.45) is -2.11. The molecular formula is C16H15F3N2O3. The molecule has 0 radical (unpaired) electrons. The molecule has 0 saturated heterocycles. The Hall–Kier alpha value is -2.56. The van der Waals surface area contributed by atoms with Gasteiger partial charge in [0, 0.05) is 0 Å². The molecule has 1 aromatic rings. The fourth-order valence-corrected chi connectivity index (χ4v) is 2.66. The molecule has 0 aromatic heterocycles. The minimum Gasteiger partial charge on any atom is -0.452 e. The number of ether oxygens (including phenoxy) is 1. The highest BCUT2D eigenvalue weighted by molar-refractivity contribution is 5.93. The SMILES string of the molecule is N#CC1(NC(=O)COC(=O)c2ccccc2C(F)(F)F)CCCC1. The molecule has 128 valence electrons. The van der Waals surface area contributed by atoms with Crippen LogP contribution in [0.25, 0.3) is 0 Å². The number of rotatable bonds is 4. The molecule has 8 heteroatoms. The quantitative estimate of drug-likeness (QED) is 0.855. The average molecular weight is 340 g/mol. The normalized spacial score (nSPS) is 16.2. The zero-order valence-corrected chi connectivity index (χ0v) is 12.7. The number of nitrogens with zero attached hydrogens (tertiary/aromatic N) is 1. The summed E-state index contributed by atoms with van der Waals surface area (Å²) in [7, 11) is 0. The van der Waals surface area contributed by atoms with Gasteiger partial charge in [-0.3, -0.25) is 4.79 Å².